The smallest absolute Gasteiger partial charge is 0.167 e. The first-order chi connectivity index (χ1) is 17.0. The molecular formula is C31H27F3O. The van der Waals surface area contributed by atoms with E-state index in [0.717, 1.165) is 18.4 Å². The monoisotopic (exact) mass is 472 g/mol. The average Bonchev–Trinajstić information content (AvgIpc) is 2.87. The van der Waals surface area contributed by atoms with Crippen molar-refractivity contribution >= 4 is 12.2 Å². The number of hydrogen-bond acceptors (Lipinski definition) is 1. The summed E-state index contributed by atoms with van der Waals surface area (Å²) in [6.07, 6.45) is 5.42. The van der Waals surface area contributed by atoms with Gasteiger partial charge in [-0.15, -0.1) is 0 Å². The van der Waals surface area contributed by atoms with Crippen molar-refractivity contribution in [3.05, 3.63) is 113 Å². The molecule has 178 valence electrons. The molecule has 0 saturated carbocycles. The van der Waals surface area contributed by atoms with Gasteiger partial charge in [0.25, 0.3) is 0 Å². The van der Waals surface area contributed by atoms with E-state index in [1.54, 1.807) is 60.7 Å². The van der Waals surface area contributed by atoms with Crippen molar-refractivity contribution in [1.82, 2.24) is 0 Å². The first-order valence-electron chi connectivity index (χ1n) is 11.8. The van der Waals surface area contributed by atoms with Crippen LogP contribution in [0.2, 0.25) is 0 Å². The second kappa shape index (κ2) is 11.1. The van der Waals surface area contributed by atoms with E-state index in [9.17, 15) is 13.2 Å². The number of benzene rings is 4. The quantitative estimate of drug-likeness (QED) is 0.233. The molecule has 0 aromatic heterocycles. The second-order valence-electron chi connectivity index (χ2n) is 8.31. The summed E-state index contributed by atoms with van der Waals surface area (Å²) < 4.78 is 49.5. The van der Waals surface area contributed by atoms with E-state index in [4.69, 9.17) is 4.74 Å². The molecule has 0 fully saturated rings. The molecule has 1 nitrogen and oxygen atoms in total. The highest BCUT2D eigenvalue weighted by molar-refractivity contribution is 5.75. The number of hydrogen-bond donors (Lipinski definition) is 0. The van der Waals surface area contributed by atoms with Crippen LogP contribution in [0.25, 0.3) is 34.4 Å². The summed E-state index contributed by atoms with van der Waals surface area (Å²) in [6, 6.07) is 22.5. The zero-order valence-electron chi connectivity index (χ0n) is 19.8. The van der Waals surface area contributed by atoms with Crippen molar-refractivity contribution in [3.63, 3.8) is 0 Å². The maximum Gasteiger partial charge on any atom is 0.167 e. The highest BCUT2D eigenvalue weighted by Gasteiger charge is 2.16. The van der Waals surface area contributed by atoms with Crippen LogP contribution in [-0.2, 0) is 6.42 Å². The fourth-order valence-corrected chi connectivity index (χ4v) is 3.99. The van der Waals surface area contributed by atoms with Gasteiger partial charge in [0, 0.05) is 22.8 Å². The van der Waals surface area contributed by atoms with Gasteiger partial charge in [-0.25, -0.2) is 13.2 Å². The van der Waals surface area contributed by atoms with Crippen molar-refractivity contribution in [1.29, 1.82) is 0 Å². The lowest BCUT2D eigenvalue weighted by Crippen LogP contribution is -1.94. The molecule has 0 unspecified atom stereocenters. The zero-order chi connectivity index (χ0) is 24.8. The number of rotatable bonds is 8. The van der Waals surface area contributed by atoms with Crippen LogP contribution in [0.1, 0.15) is 37.0 Å². The molecule has 4 aromatic carbocycles. The Bertz CT molecular complexity index is 1320. The molecule has 0 aliphatic rings. The van der Waals surface area contributed by atoms with Gasteiger partial charge in [0.2, 0.25) is 0 Å². The summed E-state index contributed by atoms with van der Waals surface area (Å²) in [5.41, 5.74) is 4.07. The Morgan fingerprint density at radius 1 is 0.686 bits per heavy atom. The normalized spacial score (nSPS) is 11.2. The van der Waals surface area contributed by atoms with E-state index in [1.165, 1.54) is 11.6 Å². The van der Waals surface area contributed by atoms with Gasteiger partial charge in [-0.3, -0.25) is 0 Å². The minimum Gasteiger partial charge on any atom is -0.494 e. The molecule has 4 rings (SSSR count). The standard InChI is InChI=1S/C31H27F3O/c1-3-5-21-6-11-23(12-7-21)27-18-19-28(31(34)30(27)33)24-13-8-22(9-14-24)10-15-25-16-17-26(35-4-2)20-29(25)32/h6-20H,3-5H2,1-2H3. The van der Waals surface area contributed by atoms with E-state index in [0.29, 0.717) is 29.0 Å². The molecule has 4 aromatic rings. The van der Waals surface area contributed by atoms with Crippen LogP contribution in [0.15, 0.2) is 78.9 Å². The summed E-state index contributed by atoms with van der Waals surface area (Å²) in [6.45, 7) is 4.42. The van der Waals surface area contributed by atoms with Gasteiger partial charge < -0.3 is 4.74 Å². The Balaban J connectivity index is 1.53. The largest absolute Gasteiger partial charge is 0.494 e. The average molecular weight is 473 g/mol. The molecule has 0 radical (unpaired) electrons. The third kappa shape index (κ3) is 5.65. The van der Waals surface area contributed by atoms with Gasteiger partial charge in [0.05, 0.1) is 6.61 Å². The van der Waals surface area contributed by atoms with Crippen LogP contribution in [0, 0.1) is 17.5 Å². The highest BCUT2D eigenvalue weighted by atomic mass is 19.2. The molecule has 0 amide bonds. The fourth-order valence-electron chi connectivity index (χ4n) is 3.99. The molecule has 0 bridgehead atoms. The summed E-state index contributed by atoms with van der Waals surface area (Å²) in [5, 5.41) is 0. The minimum absolute atomic E-state index is 0.196. The van der Waals surface area contributed by atoms with Crippen molar-refractivity contribution in [2.45, 2.75) is 26.7 Å². The SMILES string of the molecule is CCCc1ccc(-c2ccc(-c3ccc(C=Cc4ccc(OCC)cc4F)cc3)c(F)c2F)cc1. The Morgan fingerprint density at radius 2 is 1.29 bits per heavy atom. The molecule has 0 saturated heterocycles. The molecule has 0 heterocycles. The van der Waals surface area contributed by atoms with Crippen LogP contribution in [0.4, 0.5) is 13.2 Å². The van der Waals surface area contributed by atoms with Crippen molar-refractivity contribution in [3.8, 4) is 28.0 Å². The van der Waals surface area contributed by atoms with Gasteiger partial charge in [-0.1, -0.05) is 86.2 Å². The Morgan fingerprint density at radius 3 is 1.83 bits per heavy atom. The molecular weight excluding hydrogens is 445 g/mol. The molecule has 0 aliphatic heterocycles. The van der Waals surface area contributed by atoms with Crippen LogP contribution < -0.4 is 4.74 Å². The van der Waals surface area contributed by atoms with Crippen molar-refractivity contribution in [2.75, 3.05) is 6.61 Å². The Labute approximate surface area is 204 Å². The van der Waals surface area contributed by atoms with E-state index >= 15 is 0 Å². The van der Waals surface area contributed by atoms with Crippen LogP contribution >= 0.6 is 0 Å². The van der Waals surface area contributed by atoms with Crippen LogP contribution in [0.5, 0.6) is 5.75 Å². The number of ether oxygens (including phenoxy) is 1. The predicted molar refractivity (Wildman–Crippen MR) is 138 cm³/mol. The van der Waals surface area contributed by atoms with Gasteiger partial charge in [0.1, 0.15) is 11.6 Å². The topological polar surface area (TPSA) is 9.23 Å². The predicted octanol–water partition coefficient (Wildman–Crippen LogP) is 8.96. The van der Waals surface area contributed by atoms with Crippen LogP contribution in [-0.4, -0.2) is 6.61 Å². The van der Waals surface area contributed by atoms with Gasteiger partial charge >= 0.3 is 0 Å². The Hall–Kier alpha value is -3.79. The summed E-state index contributed by atoms with van der Waals surface area (Å²) in [4.78, 5) is 0. The van der Waals surface area contributed by atoms with Gasteiger partial charge in [0.15, 0.2) is 11.6 Å². The first kappa shape index (κ1) is 24.3. The third-order valence-electron chi connectivity index (χ3n) is 5.85. The molecule has 35 heavy (non-hydrogen) atoms. The molecule has 4 heteroatoms. The third-order valence-corrected chi connectivity index (χ3v) is 5.85. The number of halogens is 3. The second-order valence-corrected chi connectivity index (χ2v) is 8.31. The maximum absolute atomic E-state index is 15.0. The first-order valence-corrected chi connectivity index (χ1v) is 11.8. The fraction of sp³-hybridized carbons (Fsp3) is 0.161. The Kier molecular flexibility index (Phi) is 7.71. The lowest BCUT2D eigenvalue weighted by Gasteiger charge is -2.10. The van der Waals surface area contributed by atoms with E-state index in [1.807, 2.05) is 31.2 Å². The molecule has 0 N–H and O–H groups in total. The summed E-state index contributed by atoms with van der Waals surface area (Å²) in [7, 11) is 0. The van der Waals surface area contributed by atoms with Gasteiger partial charge in [-0.05, 0) is 47.7 Å². The lowest BCUT2D eigenvalue weighted by molar-refractivity contribution is 0.338. The van der Waals surface area contributed by atoms with Gasteiger partial charge in [-0.2, -0.15) is 0 Å². The number of aryl methyl sites for hydroxylation is 1. The highest BCUT2D eigenvalue weighted by Crippen LogP contribution is 2.32. The van der Waals surface area contributed by atoms with Crippen molar-refractivity contribution in [2.24, 2.45) is 0 Å². The van der Waals surface area contributed by atoms with Crippen LogP contribution in [0.3, 0.4) is 0 Å². The molecule has 0 spiro atoms. The zero-order valence-corrected chi connectivity index (χ0v) is 19.8. The van der Waals surface area contributed by atoms with E-state index in [-0.39, 0.29) is 16.9 Å². The minimum atomic E-state index is -0.875. The maximum atomic E-state index is 15.0. The van der Waals surface area contributed by atoms with E-state index < -0.39 is 11.6 Å². The summed E-state index contributed by atoms with van der Waals surface area (Å²) in [5.74, 6) is -1.62. The molecule has 0 atom stereocenters. The molecule has 0 aliphatic carbocycles. The lowest BCUT2D eigenvalue weighted by atomic mass is 9.97. The van der Waals surface area contributed by atoms with Crippen molar-refractivity contribution < 1.29 is 17.9 Å². The summed E-state index contributed by atoms with van der Waals surface area (Å²) >= 11 is 0. The van der Waals surface area contributed by atoms with E-state index in [2.05, 4.69) is 6.92 Å².